The lowest BCUT2D eigenvalue weighted by Crippen LogP contribution is -2.19. The Bertz CT molecular complexity index is 152. The van der Waals surface area contributed by atoms with Crippen LogP contribution in [0.1, 0.15) is 20.8 Å². The number of hydrogen-bond acceptors (Lipinski definition) is 3. The van der Waals surface area contributed by atoms with E-state index in [-0.39, 0.29) is 5.41 Å². The van der Waals surface area contributed by atoms with E-state index in [9.17, 15) is 0 Å². The zero-order chi connectivity index (χ0) is 8.20. The molecule has 0 aliphatic rings. The van der Waals surface area contributed by atoms with Gasteiger partial charge in [-0.05, 0) is 0 Å². The Kier molecular flexibility index (Phi) is 2.99. The monoisotopic (exact) mass is 142 g/mol. The topological polar surface area (TPSA) is 63.1 Å². The smallest absolute Gasteiger partial charge is 0.175 e. The van der Waals surface area contributed by atoms with Crippen molar-refractivity contribution >= 4 is 5.84 Å². The molecular formula is C6H14N4. The predicted molar refractivity (Wildman–Crippen MR) is 41.9 cm³/mol. The Labute approximate surface area is 61.2 Å². The minimum atomic E-state index is -0.117. The third-order valence-corrected chi connectivity index (χ3v) is 0.988. The first-order valence-corrected chi connectivity index (χ1v) is 3.10. The van der Waals surface area contributed by atoms with Gasteiger partial charge >= 0.3 is 0 Å². The van der Waals surface area contributed by atoms with Crippen LogP contribution in [0.2, 0.25) is 0 Å². The Morgan fingerprint density at radius 2 is 1.80 bits per heavy atom. The van der Waals surface area contributed by atoms with Crippen LogP contribution in [0.4, 0.5) is 0 Å². The van der Waals surface area contributed by atoms with Crippen LogP contribution in [-0.4, -0.2) is 12.9 Å². The predicted octanol–water partition coefficient (Wildman–Crippen LogP) is 1.39. The van der Waals surface area contributed by atoms with Gasteiger partial charge in [0.2, 0.25) is 0 Å². The van der Waals surface area contributed by atoms with Crippen LogP contribution in [0.25, 0.3) is 0 Å². The molecule has 10 heavy (non-hydrogen) atoms. The molecule has 0 fully saturated rings. The van der Waals surface area contributed by atoms with E-state index in [2.05, 4.69) is 15.3 Å². The number of nitrogens with two attached hydrogens (primary N) is 1. The zero-order valence-corrected chi connectivity index (χ0v) is 6.92. The summed E-state index contributed by atoms with van der Waals surface area (Å²) < 4.78 is 0. The van der Waals surface area contributed by atoms with E-state index >= 15 is 0 Å². The Morgan fingerprint density at radius 3 is 1.90 bits per heavy atom. The number of nitrogens with zero attached hydrogens (tertiary/aromatic N) is 3. The normalized spacial score (nSPS) is 14.6. The fraction of sp³-hybridized carbons (Fsp3) is 0.833. The SMILES string of the molecule is CN=N/C(=N\N)C(C)(C)C. The van der Waals surface area contributed by atoms with Crippen LogP contribution >= 0.6 is 0 Å². The summed E-state index contributed by atoms with van der Waals surface area (Å²) in [6.07, 6.45) is 0. The van der Waals surface area contributed by atoms with E-state index in [1.54, 1.807) is 7.05 Å². The van der Waals surface area contributed by atoms with E-state index in [1.165, 1.54) is 0 Å². The van der Waals surface area contributed by atoms with Gasteiger partial charge in [0.25, 0.3) is 0 Å². The maximum atomic E-state index is 5.08. The highest BCUT2D eigenvalue weighted by Gasteiger charge is 2.18. The Balaban J connectivity index is 4.39. The first-order chi connectivity index (χ1) is 4.52. The number of azo groups is 1. The quantitative estimate of drug-likeness (QED) is 0.179. The summed E-state index contributed by atoms with van der Waals surface area (Å²) >= 11 is 0. The highest BCUT2D eigenvalue weighted by Crippen LogP contribution is 2.16. The molecule has 0 aromatic rings. The summed E-state index contributed by atoms with van der Waals surface area (Å²) in [6.45, 7) is 5.94. The summed E-state index contributed by atoms with van der Waals surface area (Å²) in [7, 11) is 1.59. The average Bonchev–Trinajstić information content (AvgIpc) is 1.80. The molecule has 0 spiro atoms. The van der Waals surface area contributed by atoms with Crippen molar-refractivity contribution in [1.29, 1.82) is 0 Å². The minimum Gasteiger partial charge on any atom is -0.321 e. The highest BCUT2D eigenvalue weighted by molar-refractivity contribution is 5.87. The molecule has 0 saturated heterocycles. The van der Waals surface area contributed by atoms with Gasteiger partial charge in [-0.25, -0.2) is 0 Å². The Hall–Kier alpha value is -0.930. The van der Waals surface area contributed by atoms with Crippen LogP contribution in [0.3, 0.4) is 0 Å². The molecule has 0 aliphatic heterocycles. The number of amidine groups is 1. The molecule has 0 aromatic carbocycles. The molecule has 0 rings (SSSR count). The number of hydrazone groups is 1. The lowest BCUT2D eigenvalue weighted by atomic mass is 9.96. The van der Waals surface area contributed by atoms with Crippen LogP contribution in [0.5, 0.6) is 0 Å². The first kappa shape index (κ1) is 9.07. The molecule has 0 aromatic heterocycles. The van der Waals surface area contributed by atoms with Crippen LogP contribution in [-0.2, 0) is 0 Å². The lowest BCUT2D eigenvalue weighted by Gasteiger charge is -2.14. The second kappa shape index (κ2) is 3.29. The number of rotatable bonds is 0. The van der Waals surface area contributed by atoms with Crippen molar-refractivity contribution in [2.45, 2.75) is 20.8 Å². The summed E-state index contributed by atoms with van der Waals surface area (Å²) in [5.74, 6) is 5.64. The molecule has 0 bridgehead atoms. The van der Waals surface area contributed by atoms with E-state index in [1.807, 2.05) is 20.8 Å². The minimum absolute atomic E-state index is 0.117. The molecule has 4 nitrogen and oxygen atoms in total. The largest absolute Gasteiger partial charge is 0.321 e. The second-order valence-corrected chi connectivity index (χ2v) is 3.00. The average molecular weight is 142 g/mol. The third kappa shape index (κ3) is 2.57. The molecule has 4 heteroatoms. The molecule has 0 atom stereocenters. The molecule has 58 valence electrons. The zero-order valence-electron chi connectivity index (χ0n) is 6.92. The molecule has 0 amide bonds. The van der Waals surface area contributed by atoms with Crippen molar-refractivity contribution in [3.63, 3.8) is 0 Å². The van der Waals surface area contributed by atoms with Crippen LogP contribution in [0, 0.1) is 5.41 Å². The van der Waals surface area contributed by atoms with Gasteiger partial charge in [0.15, 0.2) is 5.84 Å². The fourth-order valence-electron chi connectivity index (χ4n) is 0.464. The van der Waals surface area contributed by atoms with E-state index < -0.39 is 0 Å². The van der Waals surface area contributed by atoms with Crippen molar-refractivity contribution in [2.24, 2.45) is 26.6 Å². The standard InChI is InChI=1S/C6H14N4/c1-6(2,3)5(9-7)10-8-4/h7H2,1-4H3/b9-5-,10-8?. The second-order valence-electron chi connectivity index (χ2n) is 3.00. The van der Waals surface area contributed by atoms with Crippen molar-refractivity contribution in [3.05, 3.63) is 0 Å². The van der Waals surface area contributed by atoms with Gasteiger partial charge in [0.05, 0.1) is 0 Å². The summed E-state index contributed by atoms with van der Waals surface area (Å²) in [6, 6.07) is 0. The molecule has 0 unspecified atom stereocenters. The first-order valence-electron chi connectivity index (χ1n) is 3.10. The van der Waals surface area contributed by atoms with Gasteiger partial charge in [-0.15, -0.1) is 5.11 Å². The summed E-state index contributed by atoms with van der Waals surface area (Å²) in [4.78, 5) is 0. The van der Waals surface area contributed by atoms with Crippen molar-refractivity contribution in [3.8, 4) is 0 Å². The van der Waals surface area contributed by atoms with Gasteiger partial charge in [0.1, 0.15) is 0 Å². The molecule has 0 saturated carbocycles. The summed E-state index contributed by atoms with van der Waals surface area (Å²) in [5.41, 5.74) is -0.117. The maximum absolute atomic E-state index is 5.08. The molecule has 0 aliphatic carbocycles. The molecular weight excluding hydrogens is 128 g/mol. The fourth-order valence-corrected chi connectivity index (χ4v) is 0.464. The lowest BCUT2D eigenvalue weighted by molar-refractivity contribution is 0.579. The van der Waals surface area contributed by atoms with E-state index in [4.69, 9.17) is 5.84 Å². The van der Waals surface area contributed by atoms with Crippen molar-refractivity contribution in [2.75, 3.05) is 7.05 Å². The van der Waals surface area contributed by atoms with Gasteiger partial charge in [-0.1, -0.05) is 20.8 Å². The number of hydrogen-bond donors (Lipinski definition) is 1. The van der Waals surface area contributed by atoms with Gasteiger partial charge in [-0.3, -0.25) is 0 Å². The highest BCUT2D eigenvalue weighted by atomic mass is 15.2. The summed E-state index contributed by atoms with van der Waals surface area (Å²) in [5, 5.41) is 10.9. The van der Waals surface area contributed by atoms with Gasteiger partial charge in [0, 0.05) is 12.5 Å². The molecule has 0 radical (unpaired) electrons. The third-order valence-electron chi connectivity index (χ3n) is 0.988. The molecule has 2 N–H and O–H groups in total. The van der Waals surface area contributed by atoms with Crippen molar-refractivity contribution < 1.29 is 0 Å². The van der Waals surface area contributed by atoms with Gasteiger partial charge in [-0.2, -0.15) is 10.2 Å². The van der Waals surface area contributed by atoms with E-state index in [0.717, 1.165) is 0 Å². The maximum Gasteiger partial charge on any atom is 0.175 e. The van der Waals surface area contributed by atoms with Crippen LogP contribution < -0.4 is 5.84 Å². The van der Waals surface area contributed by atoms with Gasteiger partial charge < -0.3 is 5.84 Å². The Morgan fingerprint density at radius 1 is 1.30 bits per heavy atom. The van der Waals surface area contributed by atoms with Crippen LogP contribution in [0.15, 0.2) is 15.3 Å². The van der Waals surface area contributed by atoms with Crippen molar-refractivity contribution in [1.82, 2.24) is 0 Å². The van der Waals surface area contributed by atoms with E-state index in [0.29, 0.717) is 5.84 Å². The molecule has 0 heterocycles.